The largest absolute Gasteiger partial charge is 0.506 e. The third kappa shape index (κ3) is 9.09. The van der Waals surface area contributed by atoms with E-state index in [1.54, 1.807) is 17.0 Å². The van der Waals surface area contributed by atoms with Crippen LogP contribution in [0.15, 0.2) is 77.6 Å². The molecule has 4 heterocycles. The van der Waals surface area contributed by atoms with Crippen molar-refractivity contribution in [3.63, 3.8) is 0 Å². The van der Waals surface area contributed by atoms with E-state index >= 15 is 0 Å². The molecule has 7 rings (SSSR count). The number of H-pyrrole nitrogens is 1. The number of pyridine rings is 1. The van der Waals surface area contributed by atoms with Crippen molar-refractivity contribution < 1.29 is 24.9 Å². The molecule has 52 heavy (non-hydrogen) atoms. The number of carbonyl (C=O) groups is 1. The summed E-state index contributed by atoms with van der Waals surface area (Å²) in [6.07, 6.45) is 7.80. The normalized spacial score (nSPS) is 19.4. The van der Waals surface area contributed by atoms with Crippen molar-refractivity contribution in [1.82, 2.24) is 20.1 Å². The van der Waals surface area contributed by atoms with Crippen molar-refractivity contribution >= 4 is 28.6 Å². The lowest BCUT2D eigenvalue weighted by molar-refractivity contribution is -0.000795. The van der Waals surface area contributed by atoms with Gasteiger partial charge in [-0.2, -0.15) is 0 Å². The molecule has 2 bridgehead atoms. The minimum absolute atomic E-state index is 0.0171. The van der Waals surface area contributed by atoms with Crippen molar-refractivity contribution in [2.75, 3.05) is 39.3 Å². The predicted octanol–water partition coefficient (Wildman–Crippen LogP) is 7.48. The van der Waals surface area contributed by atoms with Crippen molar-refractivity contribution in [2.45, 2.75) is 76.0 Å². The quantitative estimate of drug-likeness (QED) is 0.0665. The number of nitrogens with one attached hydrogen (secondary N) is 2. The number of aliphatic hydroxyl groups excluding tert-OH is 1. The van der Waals surface area contributed by atoms with E-state index in [-0.39, 0.29) is 17.4 Å². The first-order valence-corrected chi connectivity index (χ1v) is 19.1. The van der Waals surface area contributed by atoms with Crippen molar-refractivity contribution in [2.24, 2.45) is 5.92 Å². The van der Waals surface area contributed by atoms with Gasteiger partial charge < -0.3 is 35.3 Å². The van der Waals surface area contributed by atoms with Gasteiger partial charge in [-0.15, -0.1) is 0 Å². The number of nitrogens with zero attached hydrogens (tertiary/aromatic N) is 2. The van der Waals surface area contributed by atoms with Gasteiger partial charge in [0.05, 0.1) is 35.3 Å². The number of benzene rings is 3. The highest BCUT2D eigenvalue weighted by Gasteiger charge is 2.43. The number of ether oxygens (including phenoxy) is 1. The van der Waals surface area contributed by atoms with E-state index in [9.17, 15) is 24.9 Å². The molecule has 278 valence electrons. The third-order valence-electron chi connectivity index (χ3n) is 10.7. The number of hydrogen-bond acceptors (Lipinski definition) is 7. The summed E-state index contributed by atoms with van der Waals surface area (Å²) in [6, 6.07) is 21.1. The molecule has 0 radical (unpaired) electrons. The van der Waals surface area contributed by atoms with E-state index in [1.807, 2.05) is 48.5 Å². The molecule has 1 aromatic heterocycles. The van der Waals surface area contributed by atoms with Crippen molar-refractivity contribution in [3.05, 3.63) is 105 Å². The molecule has 4 aromatic rings. The predicted molar refractivity (Wildman–Crippen MR) is 204 cm³/mol. The maximum absolute atomic E-state index is 13.0. The second-order valence-electron chi connectivity index (χ2n) is 14.2. The zero-order chi connectivity index (χ0) is 36.5. The molecular formula is C41H51ClN4O6. The first kappa shape index (κ1) is 37.7. The molecule has 10 nitrogen and oxygen atoms in total. The van der Waals surface area contributed by atoms with E-state index in [4.69, 9.17) is 16.3 Å². The Morgan fingerprint density at radius 1 is 0.923 bits per heavy atom. The van der Waals surface area contributed by atoms with Crippen LogP contribution in [0.5, 0.6) is 11.5 Å². The molecule has 3 atom stereocenters. The van der Waals surface area contributed by atoms with Gasteiger partial charge in [-0.25, -0.2) is 4.79 Å². The molecule has 3 saturated heterocycles. The summed E-state index contributed by atoms with van der Waals surface area (Å²) < 4.78 is 6.19. The minimum Gasteiger partial charge on any atom is -0.506 e. The summed E-state index contributed by atoms with van der Waals surface area (Å²) in [5.74, 6) is 0.915. The van der Waals surface area contributed by atoms with E-state index in [0.29, 0.717) is 46.3 Å². The van der Waals surface area contributed by atoms with Crippen LogP contribution in [0.1, 0.15) is 86.6 Å². The number of halogens is 1. The summed E-state index contributed by atoms with van der Waals surface area (Å²) in [5.41, 5.74) is 2.35. The van der Waals surface area contributed by atoms with Crippen LogP contribution in [0, 0.1) is 5.92 Å². The molecule has 1 amide bonds. The first-order chi connectivity index (χ1) is 25.3. The van der Waals surface area contributed by atoms with Crippen LogP contribution in [0.3, 0.4) is 0 Å². The number of fused-ring (bicyclic) bond motifs is 4. The minimum atomic E-state index is -0.926. The SMILES string of the molecule is O=C(O)N(C(c1ccccc1)c1cccc(OCCCCCCCCCNC[C@H](O)c2ccc(O)c3[nH]c(=O)ccc23)c1Cl)[C@H]1CN2CCC1CC2. The van der Waals surface area contributed by atoms with Gasteiger partial charge in [0.15, 0.2) is 0 Å². The fourth-order valence-electron chi connectivity index (χ4n) is 7.98. The first-order valence-electron chi connectivity index (χ1n) is 18.7. The van der Waals surface area contributed by atoms with Gasteiger partial charge in [0.25, 0.3) is 0 Å². The molecule has 0 aliphatic carbocycles. The van der Waals surface area contributed by atoms with Crippen LogP contribution in [0.25, 0.3) is 10.9 Å². The van der Waals surface area contributed by atoms with Crippen LogP contribution in [0.4, 0.5) is 4.79 Å². The van der Waals surface area contributed by atoms with Gasteiger partial charge in [0, 0.05) is 30.1 Å². The number of amides is 1. The smallest absolute Gasteiger partial charge is 0.408 e. The maximum Gasteiger partial charge on any atom is 0.408 e. The Labute approximate surface area is 310 Å². The van der Waals surface area contributed by atoms with Gasteiger partial charge in [0.2, 0.25) is 5.56 Å². The average molecular weight is 731 g/mol. The summed E-state index contributed by atoms with van der Waals surface area (Å²) >= 11 is 7.04. The Hall–Kier alpha value is -4.09. The Kier molecular flexibility index (Phi) is 13.1. The number of phenols is 1. The molecule has 0 spiro atoms. The second kappa shape index (κ2) is 18.1. The second-order valence-corrected chi connectivity index (χ2v) is 14.6. The van der Waals surface area contributed by atoms with E-state index < -0.39 is 18.2 Å². The van der Waals surface area contributed by atoms with Crippen LogP contribution < -0.4 is 15.6 Å². The Bertz CT molecular complexity index is 1830. The number of aromatic hydroxyl groups is 1. The zero-order valence-electron chi connectivity index (χ0n) is 29.7. The van der Waals surface area contributed by atoms with E-state index in [0.717, 1.165) is 95.1 Å². The van der Waals surface area contributed by atoms with E-state index in [1.165, 1.54) is 12.1 Å². The molecular weight excluding hydrogens is 680 g/mol. The number of aromatic amines is 1. The Morgan fingerprint density at radius 3 is 2.37 bits per heavy atom. The fraction of sp³-hybridized carbons (Fsp3) is 0.463. The lowest BCUT2D eigenvalue weighted by Crippen LogP contribution is -2.59. The molecule has 3 aromatic carbocycles. The molecule has 3 aliphatic heterocycles. The summed E-state index contributed by atoms with van der Waals surface area (Å²) in [5, 5.41) is 35.9. The molecule has 3 aliphatic rings. The maximum atomic E-state index is 13.0. The third-order valence-corrected chi connectivity index (χ3v) is 11.1. The van der Waals surface area contributed by atoms with Gasteiger partial charge in [-0.1, -0.05) is 92.2 Å². The highest BCUT2D eigenvalue weighted by Crippen LogP contribution is 2.42. The topological polar surface area (TPSA) is 138 Å². The van der Waals surface area contributed by atoms with Crippen LogP contribution in [0.2, 0.25) is 5.02 Å². The number of carboxylic acid groups (broad SMARTS) is 1. The van der Waals surface area contributed by atoms with Gasteiger partial charge in [-0.05, 0) is 80.6 Å². The molecule has 1 unspecified atom stereocenters. The van der Waals surface area contributed by atoms with Crippen molar-refractivity contribution in [1.29, 1.82) is 0 Å². The molecule has 3 fully saturated rings. The number of hydrogen-bond donors (Lipinski definition) is 5. The van der Waals surface area contributed by atoms with Crippen LogP contribution >= 0.6 is 11.6 Å². The fourth-order valence-corrected chi connectivity index (χ4v) is 8.27. The highest BCUT2D eigenvalue weighted by atomic mass is 35.5. The van der Waals surface area contributed by atoms with Crippen LogP contribution in [-0.4, -0.2) is 81.6 Å². The number of unbranched alkanes of at least 4 members (excludes halogenated alkanes) is 6. The monoisotopic (exact) mass is 730 g/mol. The number of aliphatic hydroxyl groups is 1. The Balaban J connectivity index is 0.924. The standard InChI is InChI=1S/C41H51ClN4O6/c42-38-32(40(29-12-7-6-8-13-29)46(41(50)51)33-27-45-23-20-28(33)21-24-45)14-11-15-36(38)52-25-10-5-3-1-2-4-9-22-43-26-35(48)30-16-18-34(47)39-31(30)17-19-37(49)44-39/h6-8,11-19,28,33,35,40,43,47-48H,1-5,9-10,20-27H2,(H,44,49)(H,50,51)/t33-,35-,40?/m0/s1. The summed E-state index contributed by atoms with van der Waals surface area (Å²) in [6.45, 7) is 4.54. The zero-order valence-corrected chi connectivity index (χ0v) is 30.4. The Morgan fingerprint density at radius 2 is 1.65 bits per heavy atom. The summed E-state index contributed by atoms with van der Waals surface area (Å²) in [7, 11) is 0. The number of phenolic OH excluding ortho intramolecular Hbond substituents is 1. The van der Waals surface area contributed by atoms with Crippen LogP contribution in [-0.2, 0) is 0 Å². The molecule has 5 N–H and O–H groups in total. The average Bonchev–Trinajstić information content (AvgIpc) is 3.16. The number of aromatic nitrogens is 1. The number of piperidine rings is 3. The van der Waals surface area contributed by atoms with Gasteiger partial charge >= 0.3 is 6.09 Å². The van der Waals surface area contributed by atoms with Gasteiger partial charge in [-0.3, -0.25) is 9.69 Å². The van der Waals surface area contributed by atoms with Crippen molar-refractivity contribution in [3.8, 4) is 11.5 Å². The van der Waals surface area contributed by atoms with E-state index in [2.05, 4.69) is 15.2 Å². The lowest BCUT2D eigenvalue weighted by atomic mass is 9.81. The summed E-state index contributed by atoms with van der Waals surface area (Å²) in [4.78, 5) is 31.3. The lowest BCUT2D eigenvalue weighted by Gasteiger charge is -2.50. The molecule has 0 saturated carbocycles. The highest BCUT2D eigenvalue weighted by molar-refractivity contribution is 6.33. The molecule has 11 heteroatoms. The number of rotatable bonds is 18. The van der Waals surface area contributed by atoms with Gasteiger partial charge in [0.1, 0.15) is 11.5 Å².